The highest BCUT2D eigenvalue weighted by Gasteiger charge is 2.15. The van der Waals surface area contributed by atoms with Crippen LogP contribution in [0.25, 0.3) is 6.08 Å². The summed E-state index contributed by atoms with van der Waals surface area (Å²) in [5.41, 5.74) is 1.80. The number of benzene rings is 2. The molecule has 7 heteroatoms. The monoisotopic (exact) mass is 439 g/mol. The van der Waals surface area contributed by atoms with Gasteiger partial charge in [0.15, 0.2) is 5.78 Å². The molecule has 31 heavy (non-hydrogen) atoms. The standard InChI is InChI=1S/C24H22ClNO5/c1-28-18-8-10-22(31-15-17-6-4-5-11-26-17)16(12-18)7-9-21(27)19-13-20(25)24(30-3)14-23(19)29-2/h4-14H,15H2,1-3H3/b9-7-. The lowest BCUT2D eigenvalue weighted by Crippen LogP contribution is -2.01. The van der Waals surface area contributed by atoms with E-state index in [1.54, 1.807) is 43.6 Å². The van der Waals surface area contributed by atoms with Crippen molar-refractivity contribution in [2.45, 2.75) is 6.61 Å². The zero-order valence-corrected chi connectivity index (χ0v) is 18.2. The summed E-state index contributed by atoms with van der Waals surface area (Å²) < 4.78 is 21.7. The third kappa shape index (κ3) is 5.55. The number of hydrogen-bond acceptors (Lipinski definition) is 6. The van der Waals surface area contributed by atoms with Gasteiger partial charge in [0.05, 0.1) is 37.6 Å². The molecule has 0 bridgehead atoms. The predicted molar refractivity (Wildman–Crippen MR) is 119 cm³/mol. The van der Waals surface area contributed by atoms with Gasteiger partial charge in [0, 0.05) is 17.8 Å². The highest BCUT2D eigenvalue weighted by molar-refractivity contribution is 6.32. The summed E-state index contributed by atoms with van der Waals surface area (Å²) in [7, 11) is 4.55. The number of ether oxygens (including phenoxy) is 4. The molecule has 0 saturated heterocycles. The number of halogens is 1. The van der Waals surface area contributed by atoms with Crippen molar-refractivity contribution in [3.63, 3.8) is 0 Å². The smallest absolute Gasteiger partial charge is 0.189 e. The lowest BCUT2D eigenvalue weighted by atomic mass is 10.1. The first-order valence-corrected chi connectivity index (χ1v) is 9.78. The third-order valence-corrected chi connectivity index (χ3v) is 4.77. The second-order valence-electron chi connectivity index (χ2n) is 6.40. The summed E-state index contributed by atoms with van der Waals surface area (Å²) in [6, 6.07) is 14.1. The molecule has 0 fully saturated rings. The van der Waals surface area contributed by atoms with Gasteiger partial charge < -0.3 is 18.9 Å². The van der Waals surface area contributed by atoms with E-state index in [9.17, 15) is 4.79 Å². The van der Waals surface area contributed by atoms with Crippen molar-refractivity contribution in [1.82, 2.24) is 4.98 Å². The fourth-order valence-electron chi connectivity index (χ4n) is 2.86. The Kier molecular flexibility index (Phi) is 7.51. The molecule has 0 aliphatic heterocycles. The average molecular weight is 440 g/mol. The molecule has 1 aromatic heterocycles. The SMILES string of the molecule is COc1ccc(OCc2ccccn2)c(/C=C\C(=O)c2cc(Cl)c(OC)cc2OC)c1. The van der Waals surface area contributed by atoms with E-state index >= 15 is 0 Å². The lowest BCUT2D eigenvalue weighted by Gasteiger charge is -2.11. The van der Waals surface area contributed by atoms with Crippen molar-refractivity contribution in [3.8, 4) is 23.0 Å². The quantitative estimate of drug-likeness (QED) is 0.335. The third-order valence-electron chi connectivity index (χ3n) is 4.47. The number of ketones is 1. The summed E-state index contributed by atoms with van der Waals surface area (Å²) in [4.78, 5) is 17.1. The minimum atomic E-state index is -0.278. The first-order chi connectivity index (χ1) is 15.0. The summed E-state index contributed by atoms with van der Waals surface area (Å²) in [5.74, 6) is 1.75. The van der Waals surface area contributed by atoms with Gasteiger partial charge in [-0.2, -0.15) is 0 Å². The molecule has 3 rings (SSSR count). The van der Waals surface area contributed by atoms with E-state index in [0.29, 0.717) is 45.8 Å². The van der Waals surface area contributed by atoms with Gasteiger partial charge >= 0.3 is 0 Å². The van der Waals surface area contributed by atoms with Crippen molar-refractivity contribution in [1.29, 1.82) is 0 Å². The molecule has 0 unspecified atom stereocenters. The molecule has 160 valence electrons. The fraction of sp³-hybridized carbons (Fsp3) is 0.167. The maximum Gasteiger partial charge on any atom is 0.189 e. The molecule has 6 nitrogen and oxygen atoms in total. The van der Waals surface area contributed by atoms with E-state index in [-0.39, 0.29) is 5.78 Å². The van der Waals surface area contributed by atoms with Crippen LogP contribution in [0.1, 0.15) is 21.6 Å². The maximum atomic E-state index is 12.8. The van der Waals surface area contributed by atoms with Crippen LogP contribution in [0.15, 0.2) is 60.8 Å². The van der Waals surface area contributed by atoms with Gasteiger partial charge in [-0.05, 0) is 48.6 Å². The Morgan fingerprint density at radius 1 is 0.968 bits per heavy atom. The minimum absolute atomic E-state index is 0.278. The molecule has 0 spiro atoms. The van der Waals surface area contributed by atoms with Gasteiger partial charge in [0.1, 0.15) is 29.6 Å². The van der Waals surface area contributed by atoms with Crippen molar-refractivity contribution >= 4 is 23.5 Å². The molecule has 2 aromatic carbocycles. The molecule has 0 amide bonds. The number of allylic oxidation sites excluding steroid dienone is 1. The van der Waals surface area contributed by atoms with Crippen molar-refractivity contribution < 1.29 is 23.7 Å². The number of rotatable bonds is 9. The largest absolute Gasteiger partial charge is 0.497 e. The Labute approximate surface area is 186 Å². The predicted octanol–water partition coefficient (Wildman–Crippen LogP) is 5.24. The number of nitrogens with zero attached hydrogens (tertiary/aromatic N) is 1. The van der Waals surface area contributed by atoms with E-state index < -0.39 is 0 Å². The highest BCUT2D eigenvalue weighted by Crippen LogP contribution is 2.33. The molecule has 1 heterocycles. The molecule has 3 aromatic rings. The van der Waals surface area contributed by atoms with Crippen LogP contribution < -0.4 is 18.9 Å². The van der Waals surface area contributed by atoms with Crippen LogP contribution in [0, 0.1) is 0 Å². The average Bonchev–Trinajstić information content (AvgIpc) is 2.81. The zero-order chi connectivity index (χ0) is 22.2. The van der Waals surface area contributed by atoms with Gasteiger partial charge in [0.2, 0.25) is 0 Å². The molecular formula is C24H22ClNO5. The Morgan fingerprint density at radius 3 is 2.45 bits per heavy atom. The van der Waals surface area contributed by atoms with E-state index in [1.165, 1.54) is 26.4 Å². The Morgan fingerprint density at radius 2 is 1.77 bits per heavy atom. The number of carbonyl (C=O) groups excluding carboxylic acids is 1. The van der Waals surface area contributed by atoms with Crippen molar-refractivity contribution in [2.24, 2.45) is 0 Å². The first kappa shape index (κ1) is 22.2. The van der Waals surface area contributed by atoms with Crippen LogP contribution >= 0.6 is 11.6 Å². The number of methoxy groups -OCH3 is 3. The van der Waals surface area contributed by atoms with Gasteiger partial charge in [-0.15, -0.1) is 0 Å². The van der Waals surface area contributed by atoms with Gasteiger partial charge in [-0.3, -0.25) is 9.78 Å². The molecule has 0 atom stereocenters. The van der Waals surface area contributed by atoms with Crippen LogP contribution in [0.3, 0.4) is 0 Å². The van der Waals surface area contributed by atoms with Crippen molar-refractivity contribution in [2.75, 3.05) is 21.3 Å². The van der Waals surface area contributed by atoms with Crippen molar-refractivity contribution in [3.05, 3.63) is 82.6 Å². The Balaban J connectivity index is 1.87. The second kappa shape index (κ2) is 10.5. The van der Waals surface area contributed by atoms with E-state index in [1.807, 2.05) is 18.2 Å². The molecule has 0 N–H and O–H groups in total. The van der Waals surface area contributed by atoms with E-state index in [2.05, 4.69) is 4.98 Å². The number of hydrogen-bond donors (Lipinski definition) is 0. The Hall–Kier alpha value is -3.51. The zero-order valence-electron chi connectivity index (χ0n) is 17.4. The van der Waals surface area contributed by atoms with Crippen LogP contribution in [0.2, 0.25) is 5.02 Å². The highest BCUT2D eigenvalue weighted by atomic mass is 35.5. The van der Waals surface area contributed by atoms with Crippen LogP contribution in [-0.4, -0.2) is 32.1 Å². The van der Waals surface area contributed by atoms with E-state index in [4.69, 9.17) is 30.5 Å². The molecular weight excluding hydrogens is 418 g/mol. The number of aromatic nitrogens is 1. The topological polar surface area (TPSA) is 66.9 Å². The summed E-state index contributed by atoms with van der Waals surface area (Å²) in [6.07, 6.45) is 4.80. The number of carbonyl (C=O) groups is 1. The van der Waals surface area contributed by atoms with Crippen LogP contribution in [0.4, 0.5) is 0 Å². The number of pyridine rings is 1. The molecule has 0 saturated carbocycles. The maximum absolute atomic E-state index is 12.8. The lowest BCUT2D eigenvalue weighted by molar-refractivity contribution is 0.104. The summed E-state index contributed by atoms with van der Waals surface area (Å²) in [5, 5.41) is 0.320. The van der Waals surface area contributed by atoms with Gasteiger partial charge in [-0.25, -0.2) is 0 Å². The molecule has 0 aliphatic rings. The van der Waals surface area contributed by atoms with Crippen LogP contribution in [-0.2, 0) is 6.61 Å². The molecule has 0 aliphatic carbocycles. The van der Waals surface area contributed by atoms with Crippen LogP contribution in [0.5, 0.6) is 23.0 Å². The van der Waals surface area contributed by atoms with Gasteiger partial charge in [0.25, 0.3) is 0 Å². The summed E-state index contributed by atoms with van der Waals surface area (Å²) >= 11 is 6.18. The fourth-order valence-corrected chi connectivity index (χ4v) is 3.10. The van der Waals surface area contributed by atoms with Gasteiger partial charge in [-0.1, -0.05) is 17.7 Å². The minimum Gasteiger partial charge on any atom is -0.497 e. The Bertz CT molecular complexity index is 1080. The summed E-state index contributed by atoms with van der Waals surface area (Å²) in [6.45, 7) is 0.296. The molecule has 0 radical (unpaired) electrons. The second-order valence-corrected chi connectivity index (χ2v) is 6.81. The van der Waals surface area contributed by atoms with E-state index in [0.717, 1.165) is 5.69 Å². The first-order valence-electron chi connectivity index (χ1n) is 9.40. The normalized spacial score (nSPS) is 10.7.